The minimum atomic E-state index is -0.564. The topological polar surface area (TPSA) is 84.0 Å². The van der Waals surface area contributed by atoms with Gasteiger partial charge >= 0.3 is 5.97 Å². The van der Waals surface area contributed by atoms with Crippen molar-refractivity contribution >= 4 is 35.1 Å². The Bertz CT molecular complexity index is 1210. The van der Waals surface area contributed by atoms with Gasteiger partial charge in [0.2, 0.25) is 17.7 Å². The van der Waals surface area contributed by atoms with Crippen molar-refractivity contribution in [2.45, 2.75) is 39.5 Å². The number of imide groups is 1. The summed E-state index contributed by atoms with van der Waals surface area (Å²) in [4.78, 5) is 54.1. The highest BCUT2D eigenvalue weighted by Gasteiger charge is 2.48. The molecule has 2 saturated heterocycles. The Morgan fingerprint density at radius 1 is 0.971 bits per heavy atom. The molecule has 2 aliphatic heterocycles. The molecule has 2 aromatic rings. The monoisotopic (exact) mass is 472 g/mol. The second-order valence-corrected chi connectivity index (χ2v) is 9.46. The largest absolute Gasteiger partial charge is 0.426 e. The summed E-state index contributed by atoms with van der Waals surface area (Å²) in [6.45, 7) is 4.13. The molecule has 5 rings (SSSR count). The van der Waals surface area contributed by atoms with Crippen molar-refractivity contribution in [3.8, 4) is 5.75 Å². The third-order valence-corrected chi connectivity index (χ3v) is 7.25. The number of fused-ring (bicyclic) bond motifs is 1. The number of nitrogens with zero attached hydrogens (tertiary/aromatic N) is 2. The summed E-state index contributed by atoms with van der Waals surface area (Å²) in [5.74, 6) is -1.76. The summed E-state index contributed by atoms with van der Waals surface area (Å²) in [7, 11) is 0. The number of carbonyl (C=O) groups is 4. The number of benzene rings is 2. The van der Waals surface area contributed by atoms with Gasteiger partial charge in [-0.25, -0.2) is 4.90 Å². The van der Waals surface area contributed by atoms with Crippen LogP contribution in [0.5, 0.6) is 5.75 Å². The zero-order valence-corrected chi connectivity index (χ0v) is 19.9. The maximum Gasteiger partial charge on any atom is 0.316 e. The van der Waals surface area contributed by atoms with E-state index in [9.17, 15) is 19.2 Å². The molecule has 1 aliphatic carbocycles. The molecule has 7 heteroatoms. The highest BCUT2D eigenvalue weighted by atomic mass is 16.5. The van der Waals surface area contributed by atoms with E-state index in [0.717, 1.165) is 12.1 Å². The lowest BCUT2D eigenvalue weighted by Gasteiger charge is -2.19. The standard InChI is InChI=1S/C28H28N2O5/c1-3-18-8-10-20(11-9-18)29-16-19(15-25(29)31)28(34)35-21-12-13-24(17(2)14-21)30-26(32)22-6-4-5-7-23(22)27(30)33/h4-5,8-14,19,22-23H,3,6-7,15-16H2,1-2H3/t19-,22-,23+/m1/s1. The Kier molecular flexibility index (Phi) is 6.01. The molecule has 3 atom stereocenters. The van der Waals surface area contributed by atoms with Crippen LogP contribution in [0.25, 0.3) is 0 Å². The molecule has 0 radical (unpaired) electrons. The number of hydrogen-bond acceptors (Lipinski definition) is 5. The number of allylic oxidation sites excluding steroid dienone is 2. The number of anilines is 2. The highest BCUT2D eigenvalue weighted by molar-refractivity contribution is 6.22. The van der Waals surface area contributed by atoms with Crippen molar-refractivity contribution in [3.63, 3.8) is 0 Å². The van der Waals surface area contributed by atoms with E-state index in [0.29, 0.717) is 29.8 Å². The molecule has 2 heterocycles. The number of esters is 1. The molecule has 0 spiro atoms. The molecule has 7 nitrogen and oxygen atoms in total. The normalized spacial score (nSPS) is 23.7. The van der Waals surface area contributed by atoms with Crippen molar-refractivity contribution in [1.29, 1.82) is 0 Å². The Labute approximate surface area is 204 Å². The summed E-state index contributed by atoms with van der Waals surface area (Å²) in [6.07, 6.45) is 6.10. The smallest absolute Gasteiger partial charge is 0.316 e. The van der Waals surface area contributed by atoms with Crippen molar-refractivity contribution in [2.24, 2.45) is 17.8 Å². The van der Waals surface area contributed by atoms with Crippen molar-refractivity contribution in [3.05, 3.63) is 65.7 Å². The van der Waals surface area contributed by atoms with E-state index < -0.39 is 11.9 Å². The van der Waals surface area contributed by atoms with E-state index in [1.165, 1.54) is 10.5 Å². The first kappa shape index (κ1) is 23.0. The van der Waals surface area contributed by atoms with Crippen LogP contribution >= 0.6 is 0 Å². The van der Waals surface area contributed by atoms with Crippen LogP contribution in [0.1, 0.15) is 37.3 Å². The molecule has 0 N–H and O–H groups in total. The molecule has 180 valence electrons. The van der Waals surface area contributed by atoms with Crippen LogP contribution in [0.3, 0.4) is 0 Å². The van der Waals surface area contributed by atoms with E-state index >= 15 is 0 Å². The molecular formula is C28H28N2O5. The third-order valence-electron chi connectivity index (χ3n) is 7.25. The van der Waals surface area contributed by atoms with Gasteiger partial charge in [0.25, 0.3) is 0 Å². The van der Waals surface area contributed by atoms with E-state index in [2.05, 4.69) is 6.92 Å². The summed E-state index contributed by atoms with van der Waals surface area (Å²) in [6, 6.07) is 12.7. The fraction of sp³-hybridized carbons (Fsp3) is 0.357. The van der Waals surface area contributed by atoms with E-state index in [-0.39, 0.29) is 42.5 Å². The maximum absolute atomic E-state index is 12.9. The van der Waals surface area contributed by atoms with E-state index in [4.69, 9.17) is 4.74 Å². The van der Waals surface area contributed by atoms with Gasteiger partial charge < -0.3 is 9.64 Å². The highest BCUT2D eigenvalue weighted by Crippen LogP contribution is 2.39. The van der Waals surface area contributed by atoms with Gasteiger partial charge in [0.15, 0.2) is 0 Å². The third kappa shape index (κ3) is 4.16. The number of amides is 3. The average molecular weight is 473 g/mol. The fourth-order valence-electron chi connectivity index (χ4n) is 5.21. The Balaban J connectivity index is 1.27. The predicted molar refractivity (Wildman–Crippen MR) is 131 cm³/mol. The lowest BCUT2D eigenvalue weighted by atomic mass is 9.85. The first-order chi connectivity index (χ1) is 16.9. The fourth-order valence-corrected chi connectivity index (χ4v) is 5.21. The van der Waals surface area contributed by atoms with Crippen LogP contribution in [-0.2, 0) is 25.6 Å². The zero-order chi connectivity index (χ0) is 24.7. The molecule has 2 aromatic carbocycles. The molecule has 3 aliphatic rings. The van der Waals surface area contributed by atoms with Crippen LogP contribution in [0.15, 0.2) is 54.6 Å². The van der Waals surface area contributed by atoms with E-state index in [1.54, 1.807) is 30.0 Å². The molecular weight excluding hydrogens is 444 g/mol. The Morgan fingerprint density at radius 3 is 2.23 bits per heavy atom. The van der Waals surface area contributed by atoms with Gasteiger partial charge in [-0.05, 0) is 67.6 Å². The average Bonchev–Trinajstić information content (AvgIpc) is 3.37. The number of rotatable bonds is 5. The number of carbonyl (C=O) groups excluding carboxylic acids is 4. The SMILES string of the molecule is CCc1ccc(N2C[C@H](C(=O)Oc3ccc(N4C(=O)[C@H]5CC=CC[C@H]5C4=O)c(C)c3)CC2=O)cc1. The number of ether oxygens (including phenoxy) is 1. The maximum atomic E-state index is 12.9. The van der Waals surface area contributed by atoms with Crippen LogP contribution in [-0.4, -0.2) is 30.2 Å². The molecule has 3 amide bonds. The van der Waals surface area contributed by atoms with Crippen molar-refractivity contribution < 1.29 is 23.9 Å². The summed E-state index contributed by atoms with van der Waals surface area (Å²) in [5, 5.41) is 0. The second kappa shape index (κ2) is 9.13. The quantitative estimate of drug-likeness (QED) is 0.285. The first-order valence-electron chi connectivity index (χ1n) is 12.1. The van der Waals surface area contributed by atoms with Gasteiger partial charge in [-0.3, -0.25) is 19.2 Å². The Hall–Kier alpha value is -3.74. The summed E-state index contributed by atoms with van der Waals surface area (Å²) >= 11 is 0. The molecule has 0 aromatic heterocycles. The van der Waals surface area contributed by atoms with Crippen LogP contribution in [0, 0.1) is 24.7 Å². The number of hydrogen-bond donors (Lipinski definition) is 0. The van der Waals surface area contributed by atoms with Gasteiger partial charge in [-0.1, -0.05) is 31.2 Å². The lowest BCUT2D eigenvalue weighted by Crippen LogP contribution is -2.31. The van der Waals surface area contributed by atoms with Gasteiger partial charge in [0, 0.05) is 18.7 Å². The molecule has 35 heavy (non-hydrogen) atoms. The Morgan fingerprint density at radius 2 is 1.63 bits per heavy atom. The second-order valence-electron chi connectivity index (χ2n) is 9.46. The lowest BCUT2D eigenvalue weighted by molar-refractivity contribution is -0.139. The number of aryl methyl sites for hydroxylation is 2. The molecule has 2 fully saturated rings. The van der Waals surface area contributed by atoms with Gasteiger partial charge in [-0.15, -0.1) is 0 Å². The van der Waals surface area contributed by atoms with Crippen molar-refractivity contribution in [2.75, 3.05) is 16.3 Å². The summed E-state index contributed by atoms with van der Waals surface area (Å²) in [5.41, 5.74) is 3.15. The molecule has 0 unspecified atom stereocenters. The van der Waals surface area contributed by atoms with Gasteiger partial charge in [0.05, 0.1) is 23.4 Å². The van der Waals surface area contributed by atoms with Crippen molar-refractivity contribution in [1.82, 2.24) is 0 Å². The molecule has 0 saturated carbocycles. The van der Waals surface area contributed by atoms with Gasteiger partial charge in [-0.2, -0.15) is 0 Å². The summed E-state index contributed by atoms with van der Waals surface area (Å²) < 4.78 is 5.60. The minimum absolute atomic E-state index is 0.0963. The predicted octanol–water partition coefficient (Wildman–Crippen LogP) is 3.97. The van der Waals surface area contributed by atoms with Crippen LogP contribution < -0.4 is 14.5 Å². The van der Waals surface area contributed by atoms with Crippen LogP contribution in [0.2, 0.25) is 0 Å². The first-order valence-corrected chi connectivity index (χ1v) is 12.1. The van der Waals surface area contributed by atoms with E-state index in [1.807, 2.05) is 36.4 Å². The minimum Gasteiger partial charge on any atom is -0.426 e. The zero-order valence-electron chi connectivity index (χ0n) is 19.9. The van der Waals surface area contributed by atoms with Gasteiger partial charge in [0.1, 0.15) is 5.75 Å². The van der Waals surface area contributed by atoms with Crippen LogP contribution in [0.4, 0.5) is 11.4 Å². The molecule has 0 bridgehead atoms.